The number of hydrogen-bond acceptors (Lipinski definition) is 7. The third kappa shape index (κ3) is 4.41. The van der Waals surface area contributed by atoms with Crippen molar-refractivity contribution in [3.63, 3.8) is 0 Å². The fraction of sp³-hybridized carbons (Fsp3) is 0.273. The molecule has 0 aliphatic carbocycles. The molecule has 8 nitrogen and oxygen atoms in total. The van der Waals surface area contributed by atoms with Crippen molar-refractivity contribution in [3.8, 4) is 11.5 Å². The van der Waals surface area contributed by atoms with Crippen LogP contribution in [0.4, 0.5) is 11.4 Å². The molecule has 1 aliphatic heterocycles. The summed E-state index contributed by atoms with van der Waals surface area (Å²) in [4.78, 5) is 30.7. The first-order valence-corrected chi connectivity index (χ1v) is 10.4. The van der Waals surface area contributed by atoms with Crippen molar-refractivity contribution < 1.29 is 19.2 Å². The summed E-state index contributed by atoms with van der Waals surface area (Å²) in [6.07, 6.45) is 1.50. The van der Waals surface area contributed by atoms with E-state index in [2.05, 4.69) is 0 Å². The van der Waals surface area contributed by atoms with Crippen LogP contribution in [-0.4, -0.2) is 41.7 Å². The number of rotatable bonds is 6. The highest BCUT2D eigenvalue weighted by molar-refractivity contribution is 8.18. The molecular formula is C22H23N3O5S. The lowest BCUT2D eigenvalue weighted by molar-refractivity contribution is -0.385. The monoisotopic (exact) mass is 441 g/mol. The third-order valence-electron chi connectivity index (χ3n) is 4.87. The lowest BCUT2D eigenvalue weighted by atomic mass is 10.1. The molecule has 1 aliphatic rings. The van der Waals surface area contributed by atoms with E-state index in [1.165, 1.54) is 44.2 Å². The van der Waals surface area contributed by atoms with Crippen LogP contribution in [0.5, 0.6) is 11.5 Å². The number of nitrogens with zero attached hydrogens (tertiary/aromatic N) is 3. The van der Waals surface area contributed by atoms with Gasteiger partial charge in [0.1, 0.15) is 0 Å². The molecule has 0 saturated carbocycles. The highest BCUT2D eigenvalue weighted by Crippen LogP contribution is 2.39. The van der Waals surface area contributed by atoms with Gasteiger partial charge in [-0.3, -0.25) is 19.8 Å². The van der Waals surface area contributed by atoms with Crippen molar-refractivity contribution >= 4 is 40.3 Å². The summed E-state index contributed by atoms with van der Waals surface area (Å²) in [6, 6.07) is 8.68. The Kier molecular flexibility index (Phi) is 6.65. The van der Waals surface area contributed by atoms with Crippen molar-refractivity contribution in [3.05, 3.63) is 62.0 Å². The zero-order valence-electron chi connectivity index (χ0n) is 18.0. The summed E-state index contributed by atoms with van der Waals surface area (Å²) in [7, 11) is 2.86. The second-order valence-corrected chi connectivity index (χ2v) is 7.83. The van der Waals surface area contributed by atoms with Crippen molar-refractivity contribution in [2.45, 2.75) is 20.8 Å². The quantitative estimate of drug-likeness (QED) is 0.361. The van der Waals surface area contributed by atoms with Crippen molar-refractivity contribution in [2.75, 3.05) is 20.8 Å². The van der Waals surface area contributed by atoms with Crippen LogP contribution in [0.2, 0.25) is 0 Å². The highest BCUT2D eigenvalue weighted by Gasteiger charge is 2.33. The Balaban J connectivity index is 2.09. The Labute approximate surface area is 184 Å². The predicted octanol–water partition coefficient (Wildman–Crippen LogP) is 4.85. The summed E-state index contributed by atoms with van der Waals surface area (Å²) >= 11 is 1.20. The molecule has 0 N–H and O–H groups in total. The van der Waals surface area contributed by atoms with Crippen LogP contribution in [0.3, 0.4) is 0 Å². The second-order valence-electron chi connectivity index (χ2n) is 6.82. The number of carbonyl (C=O) groups excluding carboxylic acids is 1. The maximum atomic E-state index is 13.0. The number of nitro groups is 1. The van der Waals surface area contributed by atoms with E-state index in [-0.39, 0.29) is 22.9 Å². The molecule has 9 heteroatoms. The van der Waals surface area contributed by atoms with Crippen molar-refractivity contribution in [1.82, 2.24) is 4.90 Å². The third-order valence-corrected chi connectivity index (χ3v) is 5.87. The molecule has 1 saturated heterocycles. The number of hydrogen-bond donors (Lipinski definition) is 0. The fourth-order valence-electron chi connectivity index (χ4n) is 3.25. The lowest BCUT2D eigenvalue weighted by Gasteiger charge is -2.13. The molecule has 0 unspecified atom stereocenters. The number of para-hydroxylation sites is 1. The van der Waals surface area contributed by atoms with Crippen LogP contribution in [-0.2, 0) is 4.79 Å². The number of aliphatic imine (C=N–C) groups is 1. The van der Waals surface area contributed by atoms with E-state index in [1.54, 1.807) is 4.90 Å². The van der Waals surface area contributed by atoms with Crippen LogP contribution in [0, 0.1) is 24.0 Å². The van der Waals surface area contributed by atoms with Crippen molar-refractivity contribution in [2.24, 2.45) is 4.99 Å². The van der Waals surface area contributed by atoms with Gasteiger partial charge in [0.2, 0.25) is 0 Å². The molecule has 0 radical (unpaired) electrons. The minimum absolute atomic E-state index is 0.179. The molecular weight excluding hydrogens is 418 g/mol. The van der Waals surface area contributed by atoms with E-state index in [9.17, 15) is 14.9 Å². The minimum Gasteiger partial charge on any atom is -0.493 e. The predicted molar refractivity (Wildman–Crippen MR) is 122 cm³/mol. The summed E-state index contributed by atoms with van der Waals surface area (Å²) in [5, 5.41) is 12.1. The van der Waals surface area contributed by atoms with E-state index in [4.69, 9.17) is 14.5 Å². The van der Waals surface area contributed by atoms with Gasteiger partial charge in [0.25, 0.3) is 11.6 Å². The van der Waals surface area contributed by atoms with Gasteiger partial charge in [-0.05, 0) is 55.8 Å². The van der Waals surface area contributed by atoms with E-state index in [0.717, 1.165) is 16.8 Å². The lowest BCUT2D eigenvalue weighted by Crippen LogP contribution is -2.28. The number of benzene rings is 2. The van der Waals surface area contributed by atoms with Crippen LogP contribution in [0.25, 0.3) is 6.08 Å². The molecule has 0 spiro atoms. The Morgan fingerprint density at radius 2 is 1.77 bits per heavy atom. The van der Waals surface area contributed by atoms with E-state index in [1.807, 2.05) is 39.0 Å². The average Bonchev–Trinajstić information content (AvgIpc) is 3.04. The van der Waals surface area contributed by atoms with Gasteiger partial charge in [0.05, 0.1) is 41.4 Å². The topological polar surface area (TPSA) is 94.3 Å². The average molecular weight is 442 g/mol. The number of amidine groups is 1. The van der Waals surface area contributed by atoms with Gasteiger partial charge in [-0.1, -0.05) is 18.2 Å². The largest absolute Gasteiger partial charge is 0.493 e. The molecule has 0 atom stereocenters. The first-order chi connectivity index (χ1) is 14.8. The number of likely N-dealkylation sites (N-methyl/N-ethyl adjacent to an activating group) is 1. The summed E-state index contributed by atoms with van der Waals surface area (Å²) in [6.45, 7) is 6.23. The van der Waals surface area contributed by atoms with Crippen molar-refractivity contribution in [1.29, 1.82) is 0 Å². The van der Waals surface area contributed by atoms with Crippen LogP contribution in [0.15, 0.2) is 40.2 Å². The van der Waals surface area contributed by atoms with E-state index >= 15 is 0 Å². The smallest absolute Gasteiger partial charge is 0.280 e. The van der Waals surface area contributed by atoms with Gasteiger partial charge < -0.3 is 9.47 Å². The fourth-order valence-corrected chi connectivity index (χ4v) is 4.29. The molecule has 1 amide bonds. The zero-order chi connectivity index (χ0) is 22.7. The summed E-state index contributed by atoms with van der Waals surface area (Å²) < 4.78 is 10.4. The number of methoxy groups -OCH3 is 2. The summed E-state index contributed by atoms with van der Waals surface area (Å²) in [5.41, 5.74) is 2.90. The van der Waals surface area contributed by atoms with Gasteiger partial charge in [-0.2, -0.15) is 0 Å². The van der Waals surface area contributed by atoms with Crippen LogP contribution < -0.4 is 9.47 Å². The zero-order valence-corrected chi connectivity index (χ0v) is 18.8. The molecule has 0 bridgehead atoms. The molecule has 162 valence electrons. The number of thioether (sulfide) groups is 1. The summed E-state index contributed by atoms with van der Waals surface area (Å²) in [5.74, 6) is 0.336. The van der Waals surface area contributed by atoms with Gasteiger partial charge in [0.15, 0.2) is 16.7 Å². The number of nitro benzene ring substituents is 1. The van der Waals surface area contributed by atoms with Gasteiger partial charge in [-0.15, -0.1) is 0 Å². The van der Waals surface area contributed by atoms with Gasteiger partial charge in [-0.25, -0.2) is 4.99 Å². The minimum atomic E-state index is -0.512. The molecule has 0 aromatic heterocycles. The Hall–Kier alpha value is -3.33. The Bertz CT molecular complexity index is 1090. The molecule has 2 aromatic carbocycles. The number of aryl methyl sites for hydroxylation is 2. The van der Waals surface area contributed by atoms with E-state index in [0.29, 0.717) is 22.4 Å². The molecule has 1 fully saturated rings. The Morgan fingerprint density at radius 3 is 2.32 bits per heavy atom. The number of carbonyl (C=O) groups is 1. The normalized spacial score (nSPS) is 16.3. The first-order valence-electron chi connectivity index (χ1n) is 9.57. The standard InChI is InChI=1S/C22H23N3O5S/c1-6-24-21(26)19(31-22(24)23-20-13(2)8-7-9-14(20)3)11-15-10-17(29-4)18(30-5)12-16(15)25(27)28/h7-12H,6H2,1-5H3/b19-11+,23-22?. The highest BCUT2D eigenvalue weighted by atomic mass is 32.2. The molecule has 3 rings (SSSR count). The Morgan fingerprint density at radius 1 is 1.16 bits per heavy atom. The van der Waals surface area contributed by atoms with E-state index < -0.39 is 4.92 Å². The number of amides is 1. The molecule has 2 aromatic rings. The van der Waals surface area contributed by atoms with Crippen LogP contribution in [0.1, 0.15) is 23.6 Å². The first kappa shape index (κ1) is 22.4. The maximum absolute atomic E-state index is 13.0. The van der Waals surface area contributed by atoms with Crippen LogP contribution >= 0.6 is 11.8 Å². The second kappa shape index (κ2) is 9.22. The maximum Gasteiger partial charge on any atom is 0.280 e. The number of ether oxygens (including phenoxy) is 2. The molecule has 1 heterocycles. The van der Waals surface area contributed by atoms with Gasteiger partial charge >= 0.3 is 0 Å². The van der Waals surface area contributed by atoms with Gasteiger partial charge in [0, 0.05) is 6.54 Å². The SMILES string of the molecule is CCN1C(=O)/C(=C\c2cc(OC)c(OC)cc2[N+](=O)[O-])SC1=Nc1c(C)cccc1C. The molecule has 31 heavy (non-hydrogen) atoms.